The molecule has 0 unspecified atom stereocenters. The molecule has 1 saturated carbocycles. The monoisotopic (exact) mass is 275 g/mol. The van der Waals surface area contributed by atoms with Gasteiger partial charge >= 0.3 is 0 Å². The molecule has 0 bridgehead atoms. The topological polar surface area (TPSA) is 58.4 Å². The van der Waals surface area contributed by atoms with Gasteiger partial charge in [-0.2, -0.15) is 0 Å². The molecule has 0 atom stereocenters. The highest BCUT2D eigenvalue weighted by Gasteiger charge is 2.16. The Morgan fingerprint density at radius 3 is 2.80 bits per heavy atom. The third-order valence-corrected chi connectivity index (χ3v) is 3.88. The molecule has 110 valence electrons. The summed E-state index contributed by atoms with van der Waals surface area (Å²) in [7, 11) is 2.02. The van der Waals surface area contributed by atoms with Gasteiger partial charge in [0.15, 0.2) is 0 Å². The molecule has 0 aromatic heterocycles. The highest BCUT2D eigenvalue weighted by atomic mass is 16.2. The Kier molecular flexibility index (Phi) is 5.41. The first-order valence-corrected chi connectivity index (χ1v) is 7.47. The lowest BCUT2D eigenvalue weighted by atomic mass is 9.89. The van der Waals surface area contributed by atoms with Crippen LogP contribution in [0.5, 0.6) is 0 Å². The van der Waals surface area contributed by atoms with Crippen molar-refractivity contribution in [2.75, 3.05) is 31.2 Å². The number of rotatable bonds is 5. The highest BCUT2D eigenvalue weighted by molar-refractivity contribution is 5.92. The predicted octanol–water partition coefficient (Wildman–Crippen LogP) is 2.72. The number of nitrogens with one attached hydrogen (secondary N) is 1. The zero-order valence-corrected chi connectivity index (χ0v) is 12.3. The van der Waals surface area contributed by atoms with E-state index in [0.717, 1.165) is 18.2 Å². The van der Waals surface area contributed by atoms with Gasteiger partial charge in [-0.05, 0) is 44.0 Å². The van der Waals surface area contributed by atoms with E-state index in [4.69, 9.17) is 5.73 Å². The number of nitrogens with two attached hydrogens (primary N) is 1. The molecule has 20 heavy (non-hydrogen) atoms. The standard InChI is InChI=1S/C16H25N3O/c1-19(11-13-6-3-2-4-7-13)12-16(20)18-15-9-5-8-14(17)10-15/h5,8-10,13H,2-4,6-7,11-12,17H2,1H3,(H,18,20). The normalized spacial score (nSPS) is 16.3. The summed E-state index contributed by atoms with van der Waals surface area (Å²) in [5.74, 6) is 0.780. The summed E-state index contributed by atoms with van der Waals surface area (Å²) in [6.45, 7) is 1.45. The molecule has 0 radical (unpaired) electrons. The Hall–Kier alpha value is -1.55. The number of hydrogen-bond acceptors (Lipinski definition) is 3. The third kappa shape index (κ3) is 4.85. The number of carbonyl (C=O) groups is 1. The summed E-state index contributed by atoms with van der Waals surface area (Å²) in [5.41, 5.74) is 7.13. The Balaban J connectivity index is 1.75. The lowest BCUT2D eigenvalue weighted by Crippen LogP contribution is -2.34. The van der Waals surface area contributed by atoms with Gasteiger partial charge in [-0.15, -0.1) is 0 Å². The Morgan fingerprint density at radius 1 is 1.35 bits per heavy atom. The van der Waals surface area contributed by atoms with E-state index in [0.29, 0.717) is 12.2 Å². The number of likely N-dealkylation sites (N-methyl/N-ethyl adjacent to an activating group) is 1. The number of anilines is 2. The number of hydrogen-bond donors (Lipinski definition) is 2. The van der Waals surface area contributed by atoms with Crippen LogP contribution in [0.3, 0.4) is 0 Å². The molecule has 0 aliphatic heterocycles. The Morgan fingerprint density at radius 2 is 2.10 bits per heavy atom. The van der Waals surface area contributed by atoms with Crippen LogP contribution >= 0.6 is 0 Å². The molecule has 1 aliphatic rings. The number of carbonyl (C=O) groups excluding carboxylic acids is 1. The second-order valence-corrected chi connectivity index (χ2v) is 5.87. The second kappa shape index (κ2) is 7.29. The van der Waals surface area contributed by atoms with Crippen LogP contribution in [0.25, 0.3) is 0 Å². The van der Waals surface area contributed by atoms with Crippen molar-refractivity contribution in [2.45, 2.75) is 32.1 Å². The third-order valence-electron chi connectivity index (χ3n) is 3.88. The minimum Gasteiger partial charge on any atom is -0.399 e. The van der Waals surface area contributed by atoms with Crippen LogP contribution in [0, 0.1) is 5.92 Å². The van der Waals surface area contributed by atoms with E-state index in [1.165, 1.54) is 32.1 Å². The van der Waals surface area contributed by atoms with Crippen LogP contribution < -0.4 is 11.1 Å². The second-order valence-electron chi connectivity index (χ2n) is 5.87. The van der Waals surface area contributed by atoms with Gasteiger partial charge in [-0.1, -0.05) is 25.3 Å². The molecule has 0 spiro atoms. The van der Waals surface area contributed by atoms with Crippen LogP contribution in [0.1, 0.15) is 32.1 Å². The van der Waals surface area contributed by atoms with E-state index in [-0.39, 0.29) is 5.91 Å². The van der Waals surface area contributed by atoms with E-state index in [2.05, 4.69) is 10.2 Å². The zero-order chi connectivity index (χ0) is 14.4. The first kappa shape index (κ1) is 14.9. The summed E-state index contributed by atoms with van der Waals surface area (Å²) >= 11 is 0. The van der Waals surface area contributed by atoms with Crippen molar-refractivity contribution in [3.63, 3.8) is 0 Å². The summed E-state index contributed by atoms with van der Waals surface area (Å²) < 4.78 is 0. The van der Waals surface area contributed by atoms with Crippen LogP contribution in [0.2, 0.25) is 0 Å². The molecule has 1 amide bonds. The molecule has 0 saturated heterocycles. The fourth-order valence-corrected chi connectivity index (χ4v) is 2.94. The van der Waals surface area contributed by atoms with Crippen molar-refractivity contribution in [3.05, 3.63) is 24.3 Å². The highest BCUT2D eigenvalue weighted by Crippen LogP contribution is 2.24. The molecule has 1 aromatic carbocycles. The zero-order valence-electron chi connectivity index (χ0n) is 12.3. The maximum Gasteiger partial charge on any atom is 0.238 e. The molecule has 1 fully saturated rings. The van der Waals surface area contributed by atoms with Crippen LogP contribution in [0.15, 0.2) is 24.3 Å². The van der Waals surface area contributed by atoms with Gasteiger partial charge in [0.1, 0.15) is 0 Å². The number of benzene rings is 1. The predicted molar refractivity (Wildman–Crippen MR) is 83.6 cm³/mol. The fourth-order valence-electron chi connectivity index (χ4n) is 2.94. The Labute approximate surface area is 121 Å². The maximum absolute atomic E-state index is 12.0. The molecular formula is C16H25N3O. The molecule has 4 heteroatoms. The van der Waals surface area contributed by atoms with Crippen molar-refractivity contribution >= 4 is 17.3 Å². The molecule has 2 rings (SSSR count). The summed E-state index contributed by atoms with van der Waals surface area (Å²) in [4.78, 5) is 14.1. The van der Waals surface area contributed by atoms with Gasteiger partial charge < -0.3 is 11.1 Å². The Bertz CT molecular complexity index is 441. The van der Waals surface area contributed by atoms with E-state index >= 15 is 0 Å². The van der Waals surface area contributed by atoms with E-state index in [9.17, 15) is 4.79 Å². The van der Waals surface area contributed by atoms with E-state index in [1.54, 1.807) is 6.07 Å². The van der Waals surface area contributed by atoms with Crippen molar-refractivity contribution in [1.82, 2.24) is 4.90 Å². The van der Waals surface area contributed by atoms with Gasteiger partial charge in [0.05, 0.1) is 6.54 Å². The van der Waals surface area contributed by atoms with E-state index in [1.807, 2.05) is 25.2 Å². The average Bonchev–Trinajstić information content (AvgIpc) is 2.39. The lowest BCUT2D eigenvalue weighted by molar-refractivity contribution is -0.117. The molecule has 4 nitrogen and oxygen atoms in total. The largest absolute Gasteiger partial charge is 0.399 e. The summed E-state index contributed by atoms with van der Waals surface area (Å²) in [6, 6.07) is 7.29. The van der Waals surface area contributed by atoms with Crippen LogP contribution in [0.4, 0.5) is 11.4 Å². The van der Waals surface area contributed by atoms with Gasteiger partial charge in [-0.3, -0.25) is 9.69 Å². The van der Waals surface area contributed by atoms with Crippen molar-refractivity contribution in [3.8, 4) is 0 Å². The average molecular weight is 275 g/mol. The van der Waals surface area contributed by atoms with Crippen LogP contribution in [-0.4, -0.2) is 30.9 Å². The fraction of sp³-hybridized carbons (Fsp3) is 0.562. The SMILES string of the molecule is CN(CC(=O)Nc1cccc(N)c1)CC1CCCCC1. The maximum atomic E-state index is 12.0. The quantitative estimate of drug-likeness (QED) is 0.812. The first-order valence-electron chi connectivity index (χ1n) is 7.47. The minimum atomic E-state index is 0.0221. The van der Waals surface area contributed by atoms with Gasteiger partial charge in [0.25, 0.3) is 0 Å². The van der Waals surface area contributed by atoms with Crippen molar-refractivity contribution in [1.29, 1.82) is 0 Å². The molecular weight excluding hydrogens is 250 g/mol. The number of amides is 1. The molecule has 3 N–H and O–H groups in total. The van der Waals surface area contributed by atoms with Crippen molar-refractivity contribution < 1.29 is 4.79 Å². The van der Waals surface area contributed by atoms with Gasteiger partial charge in [0, 0.05) is 17.9 Å². The molecule has 1 aliphatic carbocycles. The smallest absolute Gasteiger partial charge is 0.238 e. The van der Waals surface area contributed by atoms with E-state index < -0.39 is 0 Å². The van der Waals surface area contributed by atoms with Gasteiger partial charge in [0.2, 0.25) is 5.91 Å². The summed E-state index contributed by atoms with van der Waals surface area (Å²) in [5, 5.41) is 2.89. The van der Waals surface area contributed by atoms with Gasteiger partial charge in [-0.25, -0.2) is 0 Å². The van der Waals surface area contributed by atoms with Crippen molar-refractivity contribution in [2.24, 2.45) is 5.92 Å². The molecule has 1 aromatic rings. The number of nitrogens with zero attached hydrogens (tertiary/aromatic N) is 1. The first-order chi connectivity index (χ1) is 9.63. The molecule has 0 heterocycles. The number of nitrogen functional groups attached to an aromatic ring is 1. The lowest BCUT2D eigenvalue weighted by Gasteiger charge is -2.26. The van der Waals surface area contributed by atoms with Crippen LogP contribution in [-0.2, 0) is 4.79 Å². The minimum absolute atomic E-state index is 0.0221. The summed E-state index contributed by atoms with van der Waals surface area (Å²) in [6.07, 6.45) is 6.67.